The molecule has 3 aromatic rings. The topological polar surface area (TPSA) is 65.5 Å². The van der Waals surface area contributed by atoms with Crippen LogP contribution >= 0.6 is 12.4 Å². The minimum Gasteiger partial charge on any atom is -0.478 e. The highest BCUT2D eigenvalue weighted by Crippen LogP contribution is 2.38. The van der Waals surface area contributed by atoms with Crippen molar-refractivity contribution < 1.29 is 23.1 Å². The van der Waals surface area contributed by atoms with Gasteiger partial charge in [-0.25, -0.2) is 4.79 Å². The first-order valence-corrected chi connectivity index (χ1v) is 10.1. The molecule has 2 N–H and O–H groups in total. The molecule has 0 saturated carbocycles. The van der Waals surface area contributed by atoms with Crippen LogP contribution in [0.5, 0.6) is 0 Å². The van der Waals surface area contributed by atoms with E-state index in [2.05, 4.69) is 22.1 Å². The molecule has 0 unspecified atom stereocenters. The Balaban J connectivity index is 0.00000289. The lowest BCUT2D eigenvalue weighted by Crippen LogP contribution is -2.32. The van der Waals surface area contributed by atoms with Crippen LogP contribution in [0.25, 0.3) is 10.9 Å². The van der Waals surface area contributed by atoms with Crippen LogP contribution in [0.15, 0.2) is 48.7 Å². The summed E-state index contributed by atoms with van der Waals surface area (Å²) in [6, 6.07) is 11.1. The van der Waals surface area contributed by atoms with Gasteiger partial charge in [-0.2, -0.15) is 13.2 Å². The van der Waals surface area contributed by atoms with E-state index in [1.165, 1.54) is 12.1 Å². The molecule has 170 valence electrons. The number of carboxylic acids is 1. The van der Waals surface area contributed by atoms with Crippen LogP contribution in [0.2, 0.25) is 0 Å². The van der Waals surface area contributed by atoms with E-state index >= 15 is 0 Å². The summed E-state index contributed by atoms with van der Waals surface area (Å²) in [6.45, 7) is 4.20. The van der Waals surface area contributed by atoms with Crippen molar-refractivity contribution in [3.05, 3.63) is 59.8 Å². The van der Waals surface area contributed by atoms with Crippen molar-refractivity contribution in [1.29, 1.82) is 0 Å². The zero-order chi connectivity index (χ0) is 22.2. The van der Waals surface area contributed by atoms with Gasteiger partial charge in [0.1, 0.15) is 5.56 Å². The van der Waals surface area contributed by atoms with Crippen molar-refractivity contribution in [2.24, 2.45) is 5.92 Å². The fraction of sp³-hybridized carbons (Fsp3) is 0.304. The molecule has 0 atom stereocenters. The molecule has 4 rings (SSSR count). The van der Waals surface area contributed by atoms with Gasteiger partial charge in [-0.3, -0.25) is 4.98 Å². The average molecular weight is 466 g/mol. The molecule has 2 heterocycles. The standard InChI is InChI=1S/C23H22F3N3O2.ClH/c1-14-9-11-29(12-10-14)16-7-5-15(6-8-16)28-20-17-3-2-4-19(23(24,25)26)21(17)27-13-18(20)22(30)31;/h2-8,13-14H,9-12H2,1H3,(H,27,28)(H,30,31);1H. The molecule has 0 amide bonds. The van der Waals surface area contributed by atoms with Crippen LogP contribution in [-0.4, -0.2) is 29.1 Å². The first-order valence-electron chi connectivity index (χ1n) is 10.1. The van der Waals surface area contributed by atoms with Gasteiger partial charge in [0.25, 0.3) is 0 Å². The number of pyridine rings is 1. The first kappa shape index (κ1) is 23.7. The minimum atomic E-state index is -4.60. The Labute approximate surface area is 189 Å². The van der Waals surface area contributed by atoms with Crippen molar-refractivity contribution in [1.82, 2.24) is 4.98 Å². The summed E-state index contributed by atoms with van der Waals surface area (Å²) in [5, 5.41) is 12.7. The van der Waals surface area contributed by atoms with Crippen molar-refractivity contribution in [3.8, 4) is 0 Å². The molecule has 32 heavy (non-hydrogen) atoms. The second kappa shape index (κ2) is 9.24. The third kappa shape index (κ3) is 4.75. The maximum atomic E-state index is 13.4. The van der Waals surface area contributed by atoms with Crippen LogP contribution < -0.4 is 10.2 Å². The first-order chi connectivity index (χ1) is 14.7. The van der Waals surface area contributed by atoms with Crippen molar-refractivity contribution in [2.45, 2.75) is 25.9 Å². The van der Waals surface area contributed by atoms with Crippen molar-refractivity contribution >= 4 is 46.3 Å². The number of aromatic nitrogens is 1. The number of halogens is 4. The molecular formula is C23H23ClF3N3O2. The number of nitrogens with one attached hydrogen (secondary N) is 1. The monoisotopic (exact) mass is 465 g/mol. The number of piperidine rings is 1. The largest absolute Gasteiger partial charge is 0.478 e. The summed E-state index contributed by atoms with van der Waals surface area (Å²) in [5.41, 5.74) is 0.349. The third-order valence-electron chi connectivity index (χ3n) is 5.72. The fourth-order valence-corrected chi connectivity index (χ4v) is 3.92. The smallest absolute Gasteiger partial charge is 0.418 e. The number of carbonyl (C=O) groups is 1. The lowest BCUT2D eigenvalue weighted by atomic mass is 9.99. The number of anilines is 3. The number of carboxylic acid groups (broad SMARTS) is 1. The van der Waals surface area contributed by atoms with E-state index in [4.69, 9.17) is 0 Å². The van der Waals surface area contributed by atoms with Crippen molar-refractivity contribution in [2.75, 3.05) is 23.3 Å². The van der Waals surface area contributed by atoms with Crippen LogP contribution in [0.1, 0.15) is 35.7 Å². The van der Waals surface area contributed by atoms with E-state index in [0.717, 1.165) is 43.9 Å². The average Bonchev–Trinajstić information content (AvgIpc) is 2.74. The summed E-state index contributed by atoms with van der Waals surface area (Å²) in [6.07, 6.45) is -1.37. The second-order valence-electron chi connectivity index (χ2n) is 7.89. The second-order valence-corrected chi connectivity index (χ2v) is 7.89. The molecule has 0 aliphatic carbocycles. The molecule has 0 bridgehead atoms. The molecule has 1 fully saturated rings. The number of rotatable bonds is 4. The summed E-state index contributed by atoms with van der Waals surface area (Å²) in [5.74, 6) is -0.554. The van der Waals surface area contributed by atoms with Crippen molar-refractivity contribution in [3.63, 3.8) is 0 Å². The van der Waals surface area contributed by atoms with Crippen LogP contribution in [0.4, 0.5) is 30.2 Å². The SMILES string of the molecule is CC1CCN(c2ccc(Nc3c(C(=O)O)cnc4c(C(F)(F)F)cccc34)cc2)CC1.Cl. The number of benzene rings is 2. The van der Waals surface area contributed by atoms with E-state index in [1.807, 2.05) is 12.1 Å². The minimum absolute atomic E-state index is 0. The molecule has 1 saturated heterocycles. The predicted molar refractivity (Wildman–Crippen MR) is 121 cm³/mol. The molecule has 9 heteroatoms. The van der Waals surface area contributed by atoms with Gasteiger partial charge in [0, 0.05) is 36.0 Å². The van der Waals surface area contributed by atoms with Gasteiger partial charge in [0.15, 0.2) is 0 Å². The fourth-order valence-electron chi connectivity index (χ4n) is 3.92. The van der Waals surface area contributed by atoms with Gasteiger partial charge < -0.3 is 15.3 Å². The maximum Gasteiger partial charge on any atom is 0.418 e. The number of aromatic carboxylic acids is 1. The Hall–Kier alpha value is -3.00. The van der Waals surface area contributed by atoms with Gasteiger partial charge >= 0.3 is 12.1 Å². The van der Waals surface area contributed by atoms with Gasteiger partial charge in [-0.1, -0.05) is 19.1 Å². The zero-order valence-electron chi connectivity index (χ0n) is 17.3. The maximum absolute atomic E-state index is 13.4. The van der Waals surface area contributed by atoms with Crippen LogP contribution in [0.3, 0.4) is 0 Å². The summed E-state index contributed by atoms with van der Waals surface area (Å²) >= 11 is 0. The molecule has 1 aromatic heterocycles. The summed E-state index contributed by atoms with van der Waals surface area (Å²) < 4.78 is 40.2. The zero-order valence-corrected chi connectivity index (χ0v) is 18.1. The van der Waals surface area contributed by atoms with E-state index < -0.39 is 17.7 Å². The Morgan fingerprint density at radius 3 is 2.38 bits per heavy atom. The molecule has 2 aromatic carbocycles. The van der Waals surface area contributed by atoms with Crippen LogP contribution in [-0.2, 0) is 6.18 Å². The molecule has 0 radical (unpaired) electrons. The molecule has 0 spiro atoms. The molecule has 1 aliphatic rings. The number of nitrogens with zero attached hydrogens (tertiary/aromatic N) is 2. The van der Waals surface area contributed by atoms with E-state index in [1.54, 1.807) is 12.1 Å². The molecular weight excluding hydrogens is 443 g/mol. The normalized spacial score (nSPS) is 14.8. The lowest BCUT2D eigenvalue weighted by Gasteiger charge is -2.32. The predicted octanol–water partition coefficient (Wildman–Crippen LogP) is 6.35. The number of alkyl halides is 3. The van der Waals surface area contributed by atoms with Gasteiger partial charge in [0.05, 0.1) is 16.8 Å². The Morgan fingerprint density at radius 2 is 1.78 bits per heavy atom. The highest BCUT2D eigenvalue weighted by Gasteiger charge is 2.34. The Bertz CT molecular complexity index is 1110. The van der Waals surface area contributed by atoms with Crippen LogP contribution in [0, 0.1) is 5.92 Å². The number of para-hydroxylation sites is 1. The molecule has 1 aliphatic heterocycles. The highest BCUT2D eigenvalue weighted by atomic mass is 35.5. The van der Waals surface area contributed by atoms with E-state index in [0.29, 0.717) is 11.6 Å². The third-order valence-corrected chi connectivity index (χ3v) is 5.72. The highest BCUT2D eigenvalue weighted by molar-refractivity contribution is 6.06. The lowest BCUT2D eigenvalue weighted by molar-refractivity contribution is -0.136. The van der Waals surface area contributed by atoms with E-state index in [-0.39, 0.29) is 34.6 Å². The summed E-state index contributed by atoms with van der Waals surface area (Å²) in [7, 11) is 0. The number of hydrogen-bond donors (Lipinski definition) is 2. The Kier molecular flexibility index (Phi) is 6.83. The van der Waals surface area contributed by atoms with Gasteiger partial charge in [-0.15, -0.1) is 12.4 Å². The quantitative estimate of drug-likeness (QED) is 0.469. The number of hydrogen-bond acceptors (Lipinski definition) is 4. The van der Waals surface area contributed by atoms with Gasteiger partial charge in [-0.05, 0) is 49.1 Å². The van der Waals surface area contributed by atoms with E-state index in [9.17, 15) is 23.1 Å². The molecule has 5 nitrogen and oxygen atoms in total. The van der Waals surface area contributed by atoms with Gasteiger partial charge in [0.2, 0.25) is 0 Å². The number of fused-ring (bicyclic) bond motifs is 1. The Morgan fingerprint density at radius 1 is 1.12 bits per heavy atom. The summed E-state index contributed by atoms with van der Waals surface area (Å²) in [4.78, 5) is 17.8.